The van der Waals surface area contributed by atoms with E-state index in [9.17, 15) is 0 Å². The third-order valence-corrected chi connectivity index (χ3v) is 7.34. The maximum atomic E-state index is 5.17. The average Bonchev–Trinajstić information content (AvgIpc) is 3.39. The Morgan fingerprint density at radius 1 is 0.393 bits per heavy atom. The van der Waals surface area contributed by atoms with E-state index in [1.54, 1.807) is 0 Å². The van der Waals surface area contributed by atoms with Gasteiger partial charge in [-0.05, 0) is 49.5 Å². The molecule has 0 saturated carbocycles. The van der Waals surface area contributed by atoms with E-state index < -0.39 is 0 Å². The quantitative estimate of drug-likeness (QED) is 0.596. The Morgan fingerprint density at radius 2 is 0.964 bits per heavy atom. The zero-order valence-electron chi connectivity index (χ0n) is 17.5. The molecule has 0 aromatic rings. The normalized spacial score (nSPS) is 24.0. The number of ether oxygens (including phenoxy) is 4. The monoisotopic (exact) mass is 455 g/mol. The van der Waals surface area contributed by atoms with Crippen LogP contribution in [0.3, 0.4) is 0 Å². The van der Waals surface area contributed by atoms with Crippen LogP contribution >= 0.6 is 35.3 Å². The summed E-state index contributed by atoms with van der Waals surface area (Å²) in [7, 11) is 0. The zero-order chi connectivity index (χ0) is 19.8. The van der Waals surface area contributed by atoms with E-state index in [1.807, 2.05) is 11.8 Å². The Kier molecular flexibility index (Phi) is 23.2. The van der Waals surface area contributed by atoms with Gasteiger partial charge in [-0.2, -0.15) is 35.3 Å². The molecule has 5 nitrogen and oxygen atoms in total. The molecule has 4 heterocycles. The lowest BCUT2D eigenvalue weighted by molar-refractivity contribution is 0.103. The highest BCUT2D eigenvalue weighted by Crippen LogP contribution is 2.14. The zero-order valence-corrected chi connectivity index (χ0v) is 19.9. The second-order valence-corrected chi connectivity index (χ2v) is 10.1. The first kappa shape index (κ1) is 26.9. The van der Waals surface area contributed by atoms with Crippen molar-refractivity contribution in [3.8, 4) is 0 Å². The van der Waals surface area contributed by atoms with E-state index >= 15 is 0 Å². The summed E-state index contributed by atoms with van der Waals surface area (Å²) in [5.41, 5.74) is 0. The van der Waals surface area contributed by atoms with Crippen LogP contribution in [0.4, 0.5) is 0 Å². The van der Waals surface area contributed by atoms with Gasteiger partial charge in [-0.1, -0.05) is 0 Å². The maximum Gasteiger partial charge on any atom is 0.0700 e. The van der Waals surface area contributed by atoms with Gasteiger partial charge in [0.25, 0.3) is 0 Å². The van der Waals surface area contributed by atoms with Crippen molar-refractivity contribution < 1.29 is 18.9 Å². The van der Waals surface area contributed by atoms with Crippen molar-refractivity contribution in [2.45, 2.75) is 25.7 Å². The van der Waals surface area contributed by atoms with Crippen molar-refractivity contribution in [1.82, 2.24) is 5.32 Å². The fraction of sp³-hybridized carbons (Fsp3) is 1.00. The van der Waals surface area contributed by atoms with Crippen LogP contribution in [0.5, 0.6) is 0 Å². The van der Waals surface area contributed by atoms with Crippen molar-refractivity contribution in [3.05, 3.63) is 0 Å². The minimum absolute atomic E-state index is 0.778. The van der Waals surface area contributed by atoms with Crippen molar-refractivity contribution >= 4 is 35.3 Å². The Balaban J connectivity index is 0.000000187. The predicted molar refractivity (Wildman–Crippen MR) is 127 cm³/mol. The lowest BCUT2D eigenvalue weighted by atomic mass is 10.5. The summed E-state index contributed by atoms with van der Waals surface area (Å²) >= 11 is 6.18. The molecule has 0 aromatic carbocycles. The van der Waals surface area contributed by atoms with Crippen LogP contribution in [-0.4, -0.2) is 100 Å². The Labute approximate surface area is 185 Å². The molecular weight excluding hydrogens is 414 g/mol. The SMILES string of the molecule is C1CNCCOC1.C1COCCOC1.C1COCCSC1.C1CSCCSC1. The standard InChI is InChI=1S/C5H11NO.C5H10O2.C5H10OS.C5H10S2/c1-2-6-3-5-7-4-1;1-2-6-4-5-7-3-1;1-2-6-3-5-7-4-1;1-2-6-4-5-7-3-1/h6H,1-5H2;3*1-5H2. The van der Waals surface area contributed by atoms with Crippen molar-refractivity contribution in [2.24, 2.45) is 0 Å². The molecule has 0 spiro atoms. The fourth-order valence-corrected chi connectivity index (χ4v) is 5.42. The van der Waals surface area contributed by atoms with Gasteiger partial charge in [-0.3, -0.25) is 0 Å². The van der Waals surface area contributed by atoms with Crippen LogP contribution in [0.1, 0.15) is 25.7 Å². The van der Waals surface area contributed by atoms with E-state index in [2.05, 4.69) is 28.8 Å². The number of hydrogen-bond donors (Lipinski definition) is 1. The van der Waals surface area contributed by atoms with Gasteiger partial charge in [0.15, 0.2) is 0 Å². The van der Waals surface area contributed by atoms with Gasteiger partial charge in [0.1, 0.15) is 0 Å². The smallest absolute Gasteiger partial charge is 0.0700 e. The first-order chi connectivity index (χ1) is 14.0. The van der Waals surface area contributed by atoms with Gasteiger partial charge in [0.2, 0.25) is 0 Å². The van der Waals surface area contributed by atoms with Gasteiger partial charge >= 0.3 is 0 Å². The number of nitrogens with one attached hydrogen (secondary N) is 1. The van der Waals surface area contributed by atoms with E-state index in [-0.39, 0.29) is 0 Å². The number of rotatable bonds is 0. The fourth-order valence-electron chi connectivity index (χ4n) is 2.43. The highest BCUT2D eigenvalue weighted by Gasteiger charge is 1.97. The highest BCUT2D eigenvalue weighted by atomic mass is 32.2. The lowest BCUT2D eigenvalue weighted by Crippen LogP contribution is -2.15. The summed E-state index contributed by atoms with van der Waals surface area (Å²) < 4.78 is 20.4. The molecule has 0 unspecified atom stereocenters. The van der Waals surface area contributed by atoms with E-state index in [0.717, 1.165) is 72.4 Å². The predicted octanol–water partition coefficient (Wildman–Crippen LogP) is 3.42. The Bertz CT molecular complexity index is 170. The largest absolute Gasteiger partial charge is 0.381 e. The molecule has 4 rings (SSSR count). The summed E-state index contributed by atoms with van der Waals surface area (Å²) in [6.45, 7) is 9.23. The first-order valence-electron chi connectivity index (χ1n) is 10.7. The van der Waals surface area contributed by atoms with Crippen LogP contribution in [0, 0.1) is 0 Å². The summed E-state index contributed by atoms with van der Waals surface area (Å²) in [6.07, 6.45) is 4.89. The molecule has 0 aromatic heterocycles. The molecule has 168 valence electrons. The molecule has 0 aliphatic carbocycles. The van der Waals surface area contributed by atoms with Gasteiger partial charge < -0.3 is 24.3 Å². The molecule has 0 bridgehead atoms. The molecule has 0 radical (unpaired) electrons. The van der Waals surface area contributed by atoms with E-state index in [1.165, 1.54) is 53.8 Å². The first-order valence-corrected chi connectivity index (χ1v) is 14.2. The third-order valence-electron chi connectivity index (χ3n) is 3.91. The Hall–Kier alpha value is 0.850. The number of thioether (sulfide) groups is 3. The molecule has 1 N–H and O–H groups in total. The third kappa shape index (κ3) is 21.6. The minimum atomic E-state index is 0.778. The second kappa shape index (κ2) is 24.1. The number of hydrogen-bond acceptors (Lipinski definition) is 8. The second-order valence-electron chi connectivity index (χ2n) is 6.45. The van der Waals surface area contributed by atoms with E-state index in [4.69, 9.17) is 18.9 Å². The molecule has 4 fully saturated rings. The molecular formula is C20H41NO4S3. The van der Waals surface area contributed by atoms with Crippen LogP contribution < -0.4 is 5.32 Å². The molecule has 28 heavy (non-hydrogen) atoms. The van der Waals surface area contributed by atoms with Crippen LogP contribution in [-0.2, 0) is 18.9 Å². The van der Waals surface area contributed by atoms with Crippen molar-refractivity contribution in [3.63, 3.8) is 0 Å². The summed E-state index contributed by atoms with van der Waals surface area (Å²) in [6, 6.07) is 0. The highest BCUT2D eigenvalue weighted by molar-refractivity contribution is 8.03. The Morgan fingerprint density at radius 3 is 1.75 bits per heavy atom. The van der Waals surface area contributed by atoms with Gasteiger partial charge in [-0.15, -0.1) is 0 Å². The van der Waals surface area contributed by atoms with E-state index in [0.29, 0.717) is 0 Å². The summed E-state index contributed by atoms with van der Waals surface area (Å²) in [5.74, 6) is 8.04. The minimum Gasteiger partial charge on any atom is -0.381 e. The molecule has 4 saturated heterocycles. The molecule has 0 amide bonds. The van der Waals surface area contributed by atoms with Crippen LogP contribution in [0.15, 0.2) is 0 Å². The molecule has 4 aliphatic heterocycles. The molecule has 4 aliphatic rings. The topological polar surface area (TPSA) is 49.0 Å². The summed E-state index contributed by atoms with van der Waals surface area (Å²) in [4.78, 5) is 0. The van der Waals surface area contributed by atoms with Gasteiger partial charge in [0, 0.05) is 50.2 Å². The average molecular weight is 456 g/mol. The molecule has 0 atom stereocenters. The van der Waals surface area contributed by atoms with Crippen molar-refractivity contribution in [1.29, 1.82) is 0 Å². The molecule has 8 heteroatoms. The van der Waals surface area contributed by atoms with Gasteiger partial charge in [0.05, 0.1) is 26.4 Å². The lowest BCUT2D eigenvalue weighted by Gasteiger charge is -1.91. The summed E-state index contributed by atoms with van der Waals surface area (Å²) in [5, 5.41) is 3.22. The maximum absolute atomic E-state index is 5.17. The van der Waals surface area contributed by atoms with Crippen LogP contribution in [0.25, 0.3) is 0 Å². The van der Waals surface area contributed by atoms with Crippen LogP contribution in [0.2, 0.25) is 0 Å². The van der Waals surface area contributed by atoms with Gasteiger partial charge in [-0.25, -0.2) is 0 Å². The van der Waals surface area contributed by atoms with Crippen molar-refractivity contribution in [2.75, 3.05) is 100 Å².